The van der Waals surface area contributed by atoms with Gasteiger partial charge in [-0.25, -0.2) is 13.2 Å². The van der Waals surface area contributed by atoms with Gasteiger partial charge in [0, 0.05) is 17.8 Å². The number of hydrogen-bond donors (Lipinski definition) is 1. The minimum absolute atomic E-state index is 0.00256. The third kappa shape index (κ3) is 3.10. The minimum Gasteiger partial charge on any atom is -0.380 e. The van der Waals surface area contributed by atoms with E-state index in [0.29, 0.717) is 15.7 Å². The molecule has 0 amide bonds. The lowest BCUT2D eigenvalue weighted by atomic mass is 10.1. The zero-order valence-corrected chi connectivity index (χ0v) is 11.7. The number of anilines is 1. The summed E-state index contributed by atoms with van der Waals surface area (Å²) in [6.45, 7) is 1.72. The zero-order valence-electron chi connectivity index (χ0n) is 10.1. The van der Waals surface area contributed by atoms with Crippen LogP contribution in [0.15, 0.2) is 34.8 Å². The van der Waals surface area contributed by atoms with Crippen molar-refractivity contribution in [1.29, 1.82) is 0 Å². The third-order valence-electron chi connectivity index (χ3n) is 2.78. The van der Waals surface area contributed by atoms with Crippen molar-refractivity contribution in [2.45, 2.75) is 13.5 Å². The Labute approximate surface area is 117 Å². The molecule has 0 aliphatic carbocycles. The molecule has 0 bridgehead atoms. The number of halogens is 4. The number of nitrogens with one attached hydrogen (secondary N) is 1. The summed E-state index contributed by atoms with van der Waals surface area (Å²) in [6.07, 6.45) is 0. The molecule has 2 aromatic rings. The summed E-state index contributed by atoms with van der Waals surface area (Å²) in [5.41, 5.74) is 1.25. The van der Waals surface area contributed by atoms with Gasteiger partial charge in [0.05, 0.1) is 4.47 Å². The average Bonchev–Trinajstić information content (AvgIpc) is 2.34. The molecule has 1 N–H and O–H groups in total. The third-order valence-corrected chi connectivity index (χ3v) is 3.39. The summed E-state index contributed by atoms with van der Waals surface area (Å²) in [6, 6.07) is 6.61. The van der Waals surface area contributed by atoms with Gasteiger partial charge in [-0.3, -0.25) is 0 Å². The molecule has 0 aromatic heterocycles. The van der Waals surface area contributed by atoms with E-state index < -0.39 is 11.6 Å². The van der Waals surface area contributed by atoms with Gasteiger partial charge in [-0.2, -0.15) is 0 Å². The van der Waals surface area contributed by atoms with Crippen molar-refractivity contribution in [2.75, 3.05) is 5.32 Å². The summed E-state index contributed by atoms with van der Waals surface area (Å²) < 4.78 is 40.5. The van der Waals surface area contributed by atoms with Gasteiger partial charge < -0.3 is 5.32 Å². The highest BCUT2D eigenvalue weighted by atomic mass is 79.9. The van der Waals surface area contributed by atoms with Crippen molar-refractivity contribution in [3.8, 4) is 0 Å². The molecule has 19 heavy (non-hydrogen) atoms. The van der Waals surface area contributed by atoms with E-state index in [1.54, 1.807) is 13.0 Å². The van der Waals surface area contributed by atoms with Crippen molar-refractivity contribution in [2.24, 2.45) is 0 Å². The Balaban J connectivity index is 2.22. The predicted octanol–water partition coefficient (Wildman–Crippen LogP) is 4.79. The smallest absolute Gasteiger partial charge is 0.137 e. The van der Waals surface area contributed by atoms with Crippen LogP contribution in [0.1, 0.15) is 11.1 Å². The molecule has 0 aliphatic heterocycles. The molecule has 100 valence electrons. The second-order valence-corrected chi connectivity index (χ2v) is 4.99. The Hall–Kier alpha value is -1.49. The summed E-state index contributed by atoms with van der Waals surface area (Å²) in [5.74, 6) is -1.59. The average molecular weight is 330 g/mol. The first-order valence-electron chi connectivity index (χ1n) is 5.61. The van der Waals surface area contributed by atoms with Gasteiger partial charge in [0.1, 0.15) is 17.5 Å². The van der Waals surface area contributed by atoms with Crippen LogP contribution in [0.2, 0.25) is 0 Å². The Kier molecular flexibility index (Phi) is 4.14. The maximum atomic E-state index is 13.4. The highest BCUT2D eigenvalue weighted by Gasteiger charge is 2.10. The standard InChI is InChI=1S/C14H11BrF3N/c1-8-5-13(18)10(15)6-14(8)19-7-9-11(16)3-2-4-12(9)17/h2-6,19H,7H2,1H3. The first-order chi connectivity index (χ1) is 8.99. The quantitative estimate of drug-likeness (QED) is 0.853. The fourth-order valence-electron chi connectivity index (χ4n) is 1.72. The van der Waals surface area contributed by atoms with Crippen LogP contribution in [0.25, 0.3) is 0 Å². The number of benzene rings is 2. The van der Waals surface area contributed by atoms with Gasteiger partial charge in [-0.1, -0.05) is 6.07 Å². The van der Waals surface area contributed by atoms with Gasteiger partial charge in [-0.15, -0.1) is 0 Å². The Morgan fingerprint density at radius 2 is 1.68 bits per heavy atom. The fourth-order valence-corrected chi connectivity index (χ4v) is 2.06. The van der Waals surface area contributed by atoms with E-state index in [2.05, 4.69) is 21.2 Å². The van der Waals surface area contributed by atoms with Crippen LogP contribution in [-0.4, -0.2) is 0 Å². The van der Waals surface area contributed by atoms with Crippen molar-refractivity contribution < 1.29 is 13.2 Å². The molecule has 2 aromatic carbocycles. The van der Waals surface area contributed by atoms with Gasteiger partial charge in [0.15, 0.2) is 0 Å². The van der Waals surface area contributed by atoms with Crippen LogP contribution < -0.4 is 5.32 Å². The van der Waals surface area contributed by atoms with Crippen molar-refractivity contribution in [3.63, 3.8) is 0 Å². The molecule has 0 saturated carbocycles. The topological polar surface area (TPSA) is 12.0 Å². The lowest BCUT2D eigenvalue weighted by Crippen LogP contribution is -2.06. The molecule has 0 heterocycles. The maximum Gasteiger partial charge on any atom is 0.137 e. The Bertz CT molecular complexity index is 594. The van der Waals surface area contributed by atoms with Crippen LogP contribution in [-0.2, 0) is 6.54 Å². The molecular formula is C14H11BrF3N. The molecule has 0 unspecified atom stereocenters. The highest BCUT2D eigenvalue weighted by molar-refractivity contribution is 9.10. The van der Waals surface area contributed by atoms with Gasteiger partial charge in [-0.05, 0) is 52.7 Å². The number of aryl methyl sites for hydroxylation is 1. The maximum absolute atomic E-state index is 13.4. The molecule has 2 rings (SSSR count). The predicted molar refractivity (Wildman–Crippen MR) is 72.5 cm³/mol. The van der Waals surface area contributed by atoms with E-state index in [-0.39, 0.29) is 17.9 Å². The highest BCUT2D eigenvalue weighted by Crippen LogP contribution is 2.25. The molecule has 5 heteroatoms. The second-order valence-electron chi connectivity index (χ2n) is 4.14. The number of hydrogen-bond acceptors (Lipinski definition) is 1. The van der Waals surface area contributed by atoms with Gasteiger partial charge in [0.25, 0.3) is 0 Å². The van der Waals surface area contributed by atoms with E-state index in [1.807, 2.05) is 0 Å². The van der Waals surface area contributed by atoms with Crippen LogP contribution in [0.4, 0.5) is 18.9 Å². The lowest BCUT2D eigenvalue weighted by Gasteiger charge is -2.11. The monoisotopic (exact) mass is 329 g/mol. The van der Waals surface area contributed by atoms with Crippen LogP contribution in [0.5, 0.6) is 0 Å². The minimum atomic E-state index is -0.605. The molecule has 0 atom stereocenters. The van der Waals surface area contributed by atoms with Crippen LogP contribution >= 0.6 is 15.9 Å². The van der Waals surface area contributed by atoms with E-state index in [9.17, 15) is 13.2 Å². The summed E-state index contributed by atoms with van der Waals surface area (Å²) in [5, 5.41) is 2.90. The summed E-state index contributed by atoms with van der Waals surface area (Å²) in [4.78, 5) is 0. The number of rotatable bonds is 3. The Morgan fingerprint density at radius 3 is 2.32 bits per heavy atom. The molecule has 0 radical (unpaired) electrons. The van der Waals surface area contributed by atoms with E-state index >= 15 is 0 Å². The van der Waals surface area contributed by atoms with Crippen molar-refractivity contribution in [3.05, 3.63) is 63.4 Å². The first-order valence-corrected chi connectivity index (χ1v) is 6.40. The van der Waals surface area contributed by atoms with Crippen molar-refractivity contribution >= 4 is 21.6 Å². The molecular weight excluding hydrogens is 319 g/mol. The molecule has 0 fully saturated rings. The van der Waals surface area contributed by atoms with Crippen LogP contribution in [0, 0.1) is 24.4 Å². The molecule has 0 aliphatic rings. The van der Waals surface area contributed by atoms with E-state index in [0.717, 1.165) is 0 Å². The van der Waals surface area contributed by atoms with Crippen molar-refractivity contribution in [1.82, 2.24) is 0 Å². The van der Waals surface area contributed by atoms with Crippen LogP contribution in [0.3, 0.4) is 0 Å². The fraction of sp³-hybridized carbons (Fsp3) is 0.143. The molecule has 0 spiro atoms. The normalized spacial score (nSPS) is 10.6. The van der Waals surface area contributed by atoms with E-state index in [1.165, 1.54) is 24.3 Å². The first kappa shape index (κ1) is 13.9. The largest absolute Gasteiger partial charge is 0.380 e. The Morgan fingerprint density at radius 1 is 1.05 bits per heavy atom. The van der Waals surface area contributed by atoms with E-state index in [4.69, 9.17) is 0 Å². The zero-order chi connectivity index (χ0) is 14.0. The molecule has 1 nitrogen and oxygen atoms in total. The van der Waals surface area contributed by atoms with Gasteiger partial charge >= 0.3 is 0 Å². The molecule has 0 saturated heterocycles. The summed E-state index contributed by atoms with van der Waals surface area (Å²) in [7, 11) is 0. The lowest BCUT2D eigenvalue weighted by molar-refractivity contribution is 0.560. The van der Waals surface area contributed by atoms with Gasteiger partial charge in [0.2, 0.25) is 0 Å². The summed E-state index contributed by atoms with van der Waals surface area (Å²) >= 11 is 3.07. The SMILES string of the molecule is Cc1cc(F)c(Br)cc1NCc1c(F)cccc1F. The second kappa shape index (κ2) is 5.65.